The second kappa shape index (κ2) is 6.33. The van der Waals surface area contributed by atoms with Gasteiger partial charge in [0.2, 0.25) is 0 Å². The minimum absolute atomic E-state index is 0.0419. The van der Waals surface area contributed by atoms with Crippen LogP contribution >= 0.6 is 0 Å². The van der Waals surface area contributed by atoms with Crippen LogP contribution < -0.4 is 0 Å². The number of ether oxygens (including phenoxy) is 1. The van der Waals surface area contributed by atoms with Gasteiger partial charge in [0.15, 0.2) is 0 Å². The highest BCUT2D eigenvalue weighted by atomic mass is 16.5. The molecule has 0 aliphatic heterocycles. The van der Waals surface area contributed by atoms with E-state index in [1.165, 1.54) is 12.8 Å². The summed E-state index contributed by atoms with van der Waals surface area (Å²) < 4.78 is 4.92. The van der Waals surface area contributed by atoms with Crippen LogP contribution in [0.4, 0.5) is 0 Å². The molecule has 3 atom stereocenters. The second-order valence-corrected chi connectivity index (χ2v) is 8.65. The Balaban J connectivity index is 2.05. The number of ketones is 1. The van der Waals surface area contributed by atoms with Crippen LogP contribution in [0, 0.1) is 28.6 Å². The minimum Gasteiger partial charge on any atom is -0.466 e. The predicted octanol–water partition coefficient (Wildman–Crippen LogP) is 4.39. The lowest BCUT2D eigenvalue weighted by atomic mass is 9.49. The maximum absolute atomic E-state index is 12.4. The van der Waals surface area contributed by atoms with Crippen molar-refractivity contribution in [3.05, 3.63) is 0 Å². The van der Waals surface area contributed by atoms with E-state index in [4.69, 9.17) is 4.74 Å². The summed E-state index contributed by atoms with van der Waals surface area (Å²) in [6.45, 7) is 11.6. The van der Waals surface area contributed by atoms with Crippen molar-refractivity contribution < 1.29 is 14.3 Å². The Labute approximate surface area is 135 Å². The average Bonchev–Trinajstić information content (AvgIpc) is 2.44. The van der Waals surface area contributed by atoms with Gasteiger partial charge in [0.25, 0.3) is 0 Å². The van der Waals surface area contributed by atoms with Gasteiger partial charge in [0.05, 0.1) is 6.61 Å². The zero-order valence-corrected chi connectivity index (χ0v) is 14.9. The molecule has 2 aliphatic rings. The van der Waals surface area contributed by atoms with Crippen molar-refractivity contribution in [1.29, 1.82) is 0 Å². The van der Waals surface area contributed by atoms with Crippen LogP contribution in [0.3, 0.4) is 0 Å². The van der Waals surface area contributed by atoms with Crippen molar-refractivity contribution in [3.63, 3.8) is 0 Å². The molecule has 0 saturated heterocycles. The molecule has 2 saturated carbocycles. The Morgan fingerprint density at radius 3 is 2.18 bits per heavy atom. The molecule has 3 nitrogen and oxygen atoms in total. The van der Waals surface area contributed by atoms with E-state index < -0.39 is 0 Å². The number of esters is 1. The molecular formula is C19H32O3. The van der Waals surface area contributed by atoms with Gasteiger partial charge in [-0.15, -0.1) is 0 Å². The SMILES string of the molecule is CCOC(=O)CC(=O)C1CCC2C(C1)C(C)(C)CCC2(C)C. The van der Waals surface area contributed by atoms with Crippen LogP contribution in [0.25, 0.3) is 0 Å². The molecule has 0 heterocycles. The molecule has 0 N–H and O–H groups in total. The van der Waals surface area contributed by atoms with Crippen LogP contribution in [-0.2, 0) is 14.3 Å². The summed E-state index contributed by atoms with van der Waals surface area (Å²) in [5.41, 5.74) is 0.693. The van der Waals surface area contributed by atoms with E-state index in [0.717, 1.165) is 19.3 Å². The molecule has 2 rings (SSSR count). The fourth-order valence-corrected chi connectivity index (χ4v) is 4.78. The fraction of sp³-hybridized carbons (Fsp3) is 0.895. The number of carbonyl (C=O) groups is 2. The molecule has 0 amide bonds. The van der Waals surface area contributed by atoms with Crippen molar-refractivity contribution >= 4 is 11.8 Å². The van der Waals surface area contributed by atoms with Gasteiger partial charge < -0.3 is 4.74 Å². The number of hydrogen-bond donors (Lipinski definition) is 0. The van der Waals surface area contributed by atoms with Crippen LogP contribution in [0.2, 0.25) is 0 Å². The molecule has 0 radical (unpaired) electrons. The Kier molecular flexibility index (Phi) is 5.03. The van der Waals surface area contributed by atoms with E-state index in [-0.39, 0.29) is 24.1 Å². The highest BCUT2D eigenvalue weighted by Gasteiger charge is 2.50. The molecule has 0 aromatic rings. The van der Waals surface area contributed by atoms with E-state index in [9.17, 15) is 9.59 Å². The van der Waals surface area contributed by atoms with Crippen molar-refractivity contribution in [2.24, 2.45) is 28.6 Å². The van der Waals surface area contributed by atoms with Crippen molar-refractivity contribution in [2.45, 2.75) is 73.1 Å². The maximum Gasteiger partial charge on any atom is 0.313 e. The summed E-state index contributed by atoms with van der Waals surface area (Å²) >= 11 is 0. The minimum atomic E-state index is -0.363. The van der Waals surface area contributed by atoms with E-state index in [1.54, 1.807) is 6.92 Å². The van der Waals surface area contributed by atoms with Crippen LogP contribution in [0.15, 0.2) is 0 Å². The average molecular weight is 308 g/mol. The summed E-state index contributed by atoms with van der Waals surface area (Å²) in [4.78, 5) is 24.0. The first-order chi connectivity index (χ1) is 10.2. The third-order valence-electron chi connectivity index (χ3n) is 6.35. The largest absolute Gasteiger partial charge is 0.466 e. The Bertz CT molecular complexity index is 436. The fourth-order valence-electron chi connectivity index (χ4n) is 4.78. The lowest BCUT2D eigenvalue weighted by molar-refractivity contribution is -0.147. The highest BCUT2D eigenvalue weighted by molar-refractivity contribution is 5.96. The molecule has 0 bridgehead atoms. The van der Waals surface area contributed by atoms with E-state index in [2.05, 4.69) is 27.7 Å². The Hall–Kier alpha value is -0.860. The molecular weight excluding hydrogens is 276 g/mol. The summed E-state index contributed by atoms with van der Waals surface area (Å²) in [5, 5.41) is 0. The van der Waals surface area contributed by atoms with Crippen LogP contribution in [0.5, 0.6) is 0 Å². The van der Waals surface area contributed by atoms with Gasteiger partial charge in [-0.1, -0.05) is 27.7 Å². The third-order valence-corrected chi connectivity index (χ3v) is 6.35. The zero-order valence-electron chi connectivity index (χ0n) is 14.9. The summed E-state index contributed by atoms with van der Waals surface area (Å²) in [6.07, 6.45) is 5.50. The quantitative estimate of drug-likeness (QED) is 0.571. The molecule has 126 valence electrons. The monoisotopic (exact) mass is 308 g/mol. The molecule has 3 unspecified atom stereocenters. The number of rotatable bonds is 4. The first-order valence-corrected chi connectivity index (χ1v) is 8.85. The molecule has 2 fully saturated rings. The molecule has 3 heteroatoms. The Morgan fingerprint density at radius 1 is 1.00 bits per heavy atom. The standard InChI is InChI=1S/C19H32O3/c1-6-22-17(21)12-16(20)13-7-8-14-15(11-13)19(4,5)10-9-18(14,2)3/h13-15H,6-12H2,1-5H3. The highest BCUT2D eigenvalue weighted by Crippen LogP contribution is 2.58. The maximum atomic E-state index is 12.4. The summed E-state index contributed by atoms with van der Waals surface area (Å²) in [7, 11) is 0. The molecule has 0 aromatic heterocycles. The van der Waals surface area contributed by atoms with Crippen molar-refractivity contribution in [2.75, 3.05) is 6.61 Å². The zero-order chi connectivity index (χ0) is 16.5. The summed E-state index contributed by atoms with van der Waals surface area (Å²) in [6, 6.07) is 0. The smallest absolute Gasteiger partial charge is 0.313 e. The topological polar surface area (TPSA) is 43.4 Å². The number of Topliss-reactive ketones (excluding diaryl/α,β-unsaturated/α-hetero) is 1. The lowest BCUT2D eigenvalue weighted by Crippen LogP contribution is -2.48. The van der Waals surface area contributed by atoms with Gasteiger partial charge in [0, 0.05) is 5.92 Å². The van der Waals surface area contributed by atoms with E-state index >= 15 is 0 Å². The number of hydrogen-bond acceptors (Lipinski definition) is 3. The normalized spacial score (nSPS) is 32.9. The summed E-state index contributed by atoms with van der Waals surface area (Å²) in [5.74, 6) is 1.09. The van der Waals surface area contributed by atoms with Gasteiger partial charge in [0.1, 0.15) is 12.2 Å². The van der Waals surface area contributed by atoms with Crippen molar-refractivity contribution in [1.82, 2.24) is 0 Å². The number of fused-ring (bicyclic) bond motifs is 1. The van der Waals surface area contributed by atoms with Gasteiger partial charge in [-0.3, -0.25) is 9.59 Å². The molecule has 2 aliphatic carbocycles. The van der Waals surface area contributed by atoms with Gasteiger partial charge in [-0.25, -0.2) is 0 Å². The predicted molar refractivity (Wildman–Crippen MR) is 87.4 cm³/mol. The number of carbonyl (C=O) groups excluding carboxylic acids is 2. The van der Waals surface area contributed by atoms with E-state index in [0.29, 0.717) is 29.3 Å². The van der Waals surface area contributed by atoms with Crippen molar-refractivity contribution in [3.8, 4) is 0 Å². The Morgan fingerprint density at radius 2 is 1.59 bits per heavy atom. The van der Waals surface area contributed by atoms with Gasteiger partial charge in [-0.05, 0) is 61.7 Å². The first kappa shape index (κ1) is 17.5. The van der Waals surface area contributed by atoms with Crippen LogP contribution in [-0.4, -0.2) is 18.4 Å². The van der Waals surface area contributed by atoms with Crippen LogP contribution in [0.1, 0.15) is 73.1 Å². The third kappa shape index (κ3) is 3.55. The molecule has 0 aromatic carbocycles. The second-order valence-electron chi connectivity index (χ2n) is 8.65. The lowest BCUT2D eigenvalue weighted by Gasteiger charge is -2.55. The first-order valence-electron chi connectivity index (χ1n) is 8.85. The van der Waals surface area contributed by atoms with Gasteiger partial charge in [-0.2, -0.15) is 0 Å². The van der Waals surface area contributed by atoms with Gasteiger partial charge >= 0.3 is 5.97 Å². The molecule has 22 heavy (non-hydrogen) atoms. The molecule has 0 spiro atoms. The van der Waals surface area contributed by atoms with E-state index in [1.807, 2.05) is 0 Å².